The van der Waals surface area contributed by atoms with E-state index in [-0.39, 0.29) is 31.3 Å². The quantitative estimate of drug-likeness (QED) is 0.0349. The average molecular weight is 716 g/mol. The molecule has 15 heteroatoms. The maximum atomic E-state index is 13.9. The molecule has 51 heavy (non-hydrogen) atoms. The smallest absolute Gasteiger partial charge is 0.243 e. The number of guanidine groups is 2. The van der Waals surface area contributed by atoms with Crippen LogP contribution in [0.5, 0.6) is 0 Å². The molecule has 2 saturated carbocycles. The van der Waals surface area contributed by atoms with Gasteiger partial charge in [0.1, 0.15) is 24.0 Å². The molecule has 0 aromatic carbocycles. The lowest BCUT2D eigenvalue weighted by molar-refractivity contribution is -0.697. The van der Waals surface area contributed by atoms with Gasteiger partial charge < -0.3 is 45.0 Å². The van der Waals surface area contributed by atoms with E-state index in [1.807, 2.05) is 0 Å². The Balaban J connectivity index is 1.78. The van der Waals surface area contributed by atoms with Crippen LogP contribution in [0.3, 0.4) is 0 Å². The highest BCUT2D eigenvalue weighted by atomic mass is 16.2. The van der Waals surface area contributed by atoms with Crippen molar-refractivity contribution in [3.05, 3.63) is 18.2 Å². The molecule has 288 valence electrons. The Morgan fingerprint density at radius 1 is 0.745 bits per heavy atom. The second-order valence-electron chi connectivity index (χ2n) is 14.7. The molecular formula is C36H67N12O3+. The van der Waals surface area contributed by atoms with Gasteiger partial charge in [-0.3, -0.25) is 24.4 Å². The maximum Gasteiger partial charge on any atom is 0.243 e. The first-order valence-electron chi connectivity index (χ1n) is 19.4. The number of imidazole rings is 1. The van der Waals surface area contributed by atoms with Crippen LogP contribution in [0.4, 0.5) is 0 Å². The number of aromatic nitrogens is 2. The summed E-state index contributed by atoms with van der Waals surface area (Å²) >= 11 is 0. The zero-order chi connectivity index (χ0) is 37.0. The van der Waals surface area contributed by atoms with E-state index >= 15 is 0 Å². The summed E-state index contributed by atoms with van der Waals surface area (Å²) in [5.41, 5.74) is 34.5. The van der Waals surface area contributed by atoms with E-state index in [4.69, 9.17) is 34.4 Å². The van der Waals surface area contributed by atoms with Crippen molar-refractivity contribution in [1.29, 1.82) is 0 Å². The zero-order valence-corrected chi connectivity index (χ0v) is 30.8. The molecule has 0 saturated heterocycles. The summed E-state index contributed by atoms with van der Waals surface area (Å²) in [4.78, 5) is 47.5. The average Bonchev–Trinajstić information content (AvgIpc) is 3.48. The number of aryl methyl sites for hydroxylation is 2. The lowest BCUT2D eigenvalue weighted by atomic mass is 9.86. The number of rotatable bonds is 23. The number of carbonyl (C=O) groups is 3. The summed E-state index contributed by atoms with van der Waals surface area (Å²) in [6.07, 6.45) is 23.7. The van der Waals surface area contributed by atoms with Crippen LogP contribution in [-0.4, -0.2) is 65.4 Å². The third-order valence-electron chi connectivity index (χ3n) is 10.4. The van der Waals surface area contributed by atoms with Gasteiger partial charge in [0.05, 0.1) is 19.1 Å². The van der Waals surface area contributed by atoms with E-state index in [1.165, 1.54) is 77.0 Å². The van der Waals surface area contributed by atoms with E-state index in [0.717, 1.165) is 43.5 Å². The Kier molecular flexibility index (Phi) is 18.6. The molecule has 2 aliphatic carbocycles. The standard InChI is InChI=1S/C36H66N12O3/c37-29(17-7-19-43-35(39)40)33(50)46-31(34(51)45-30(32(38)49)18-8-20-44-36(41)42)23-28-24-47(21-9-15-26-11-3-1-4-12-26)25-48(28)22-10-16-27-13-5-2-6-14-27/h24-27,29-31H,1-23,37H2,(H11-,38,39,40,41,42,43,44,45,46,49,50,51)/p+1/t29-,30-,31-/m0/s1. The molecular weight excluding hydrogens is 648 g/mol. The Morgan fingerprint density at radius 2 is 1.29 bits per heavy atom. The number of nitrogens with two attached hydrogens (primary N) is 6. The van der Waals surface area contributed by atoms with Crippen LogP contribution in [0.15, 0.2) is 22.5 Å². The van der Waals surface area contributed by atoms with Crippen molar-refractivity contribution < 1.29 is 19.0 Å². The van der Waals surface area contributed by atoms with Gasteiger partial charge in [0, 0.05) is 19.5 Å². The third kappa shape index (κ3) is 16.3. The maximum absolute atomic E-state index is 13.9. The highest BCUT2D eigenvalue weighted by Crippen LogP contribution is 2.28. The summed E-state index contributed by atoms with van der Waals surface area (Å²) in [6.45, 7) is 2.33. The van der Waals surface area contributed by atoms with Crippen LogP contribution in [-0.2, 0) is 33.9 Å². The van der Waals surface area contributed by atoms with E-state index in [0.29, 0.717) is 25.8 Å². The molecule has 1 heterocycles. The van der Waals surface area contributed by atoms with Crippen LogP contribution in [0.25, 0.3) is 0 Å². The van der Waals surface area contributed by atoms with Gasteiger partial charge in [-0.05, 0) is 63.2 Å². The fourth-order valence-corrected chi connectivity index (χ4v) is 7.52. The van der Waals surface area contributed by atoms with E-state index < -0.39 is 35.8 Å². The molecule has 0 unspecified atom stereocenters. The number of amides is 3. The van der Waals surface area contributed by atoms with Crippen LogP contribution in [0.1, 0.15) is 121 Å². The number of hydrogen-bond donors (Lipinski definition) is 8. The van der Waals surface area contributed by atoms with Crippen molar-refractivity contribution in [2.24, 2.45) is 56.2 Å². The Bertz CT molecular complexity index is 1260. The molecule has 0 spiro atoms. The van der Waals surface area contributed by atoms with E-state index in [1.54, 1.807) is 0 Å². The molecule has 3 rings (SSSR count). The van der Waals surface area contributed by atoms with Crippen LogP contribution < -0.4 is 49.6 Å². The number of nitrogens with zero attached hydrogens (tertiary/aromatic N) is 4. The molecule has 0 bridgehead atoms. The summed E-state index contributed by atoms with van der Waals surface area (Å²) in [6, 6.07) is -2.84. The first-order chi connectivity index (χ1) is 24.5. The van der Waals surface area contributed by atoms with Gasteiger partial charge in [-0.1, -0.05) is 64.2 Å². The summed E-state index contributed by atoms with van der Waals surface area (Å²) in [7, 11) is 0. The van der Waals surface area contributed by atoms with Gasteiger partial charge in [-0.15, -0.1) is 0 Å². The second-order valence-corrected chi connectivity index (χ2v) is 14.7. The fraction of sp³-hybridized carbons (Fsp3) is 0.778. The summed E-state index contributed by atoms with van der Waals surface area (Å²) < 4.78 is 4.45. The van der Waals surface area contributed by atoms with E-state index in [9.17, 15) is 14.4 Å². The lowest BCUT2D eigenvalue weighted by Crippen LogP contribution is -2.56. The molecule has 3 atom stereocenters. The van der Waals surface area contributed by atoms with Crippen molar-refractivity contribution in [3.63, 3.8) is 0 Å². The number of primary amides is 1. The van der Waals surface area contributed by atoms with E-state index in [2.05, 4.69) is 42.3 Å². The largest absolute Gasteiger partial charge is 0.370 e. The highest BCUT2D eigenvalue weighted by Gasteiger charge is 2.30. The first-order valence-corrected chi connectivity index (χ1v) is 19.4. The minimum absolute atomic E-state index is 0.0277. The van der Waals surface area contributed by atoms with Crippen molar-refractivity contribution in [1.82, 2.24) is 15.2 Å². The van der Waals surface area contributed by atoms with Gasteiger partial charge in [-0.25, -0.2) is 9.13 Å². The van der Waals surface area contributed by atoms with Crippen LogP contribution in [0, 0.1) is 11.8 Å². The molecule has 1 aromatic heterocycles. The van der Waals surface area contributed by atoms with Gasteiger partial charge in [0.15, 0.2) is 11.9 Å². The number of hydrogen-bond acceptors (Lipinski definition) is 6. The molecule has 0 aliphatic heterocycles. The highest BCUT2D eigenvalue weighted by molar-refractivity contribution is 5.92. The molecule has 15 nitrogen and oxygen atoms in total. The summed E-state index contributed by atoms with van der Waals surface area (Å²) in [5, 5.41) is 5.66. The van der Waals surface area contributed by atoms with Gasteiger partial charge in [-0.2, -0.15) is 0 Å². The zero-order valence-electron chi connectivity index (χ0n) is 30.8. The topological polar surface area (TPSA) is 265 Å². The van der Waals surface area contributed by atoms with Crippen molar-refractivity contribution in [3.8, 4) is 0 Å². The van der Waals surface area contributed by atoms with Gasteiger partial charge >= 0.3 is 0 Å². The Hall–Kier alpha value is -3.88. The molecule has 3 amide bonds. The molecule has 14 N–H and O–H groups in total. The fourth-order valence-electron chi connectivity index (χ4n) is 7.52. The SMILES string of the molecule is NC(=O)[C@H](CCCN=C(N)N)NC(=O)[C@H](Cc1c[n+](CCCC2CCCCC2)cn1CCCC1CCCCC1)NC(=O)[C@@H](N)CCCN=C(N)N. The van der Waals surface area contributed by atoms with Crippen molar-refractivity contribution in [2.75, 3.05) is 13.1 Å². The van der Waals surface area contributed by atoms with Crippen LogP contribution >= 0.6 is 0 Å². The molecule has 0 radical (unpaired) electrons. The first kappa shape index (κ1) is 41.5. The molecule has 2 fully saturated rings. The minimum atomic E-state index is -0.997. The second kappa shape index (κ2) is 22.8. The number of carbonyl (C=O) groups excluding carboxylic acids is 3. The molecule has 2 aliphatic rings. The van der Waals surface area contributed by atoms with Gasteiger partial charge in [0.2, 0.25) is 24.0 Å². The Morgan fingerprint density at radius 3 is 1.86 bits per heavy atom. The predicted molar refractivity (Wildman–Crippen MR) is 201 cm³/mol. The van der Waals surface area contributed by atoms with Gasteiger partial charge in [0.25, 0.3) is 0 Å². The van der Waals surface area contributed by atoms with Crippen molar-refractivity contribution in [2.45, 2.75) is 153 Å². The number of nitrogens with one attached hydrogen (secondary N) is 2. The lowest BCUT2D eigenvalue weighted by Gasteiger charge is -2.23. The number of aliphatic imine (C=N–C) groups is 2. The summed E-state index contributed by atoms with van der Waals surface area (Å²) in [5.74, 6) is -0.179. The monoisotopic (exact) mass is 716 g/mol. The normalized spacial score (nSPS) is 17.2. The minimum Gasteiger partial charge on any atom is -0.370 e. The third-order valence-corrected chi connectivity index (χ3v) is 10.4. The van der Waals surface area contributed by atoms with Crippen molar-refractivity contribution >= 4 is 29.6 Å². The van der Waals surface area contributed by atoms with Crippen LogP contribution in [0.2, 0.25) is 0 Å². The predicted octanol–water partition coefficient (Wildman–Crippen LogP) is 0.929. The Labute approximate surface area is 304 Å². The molecule has 1 aromatic rings.